The number of amides is 1. The van der Waals surface area contributed by atoms with Gasteiger partial charge in [0, 0.05) is 38.8 Å². The molecule has 0 unspecified atom stereocenters. The summed E-state index contributed by atoms with van der Waals surface area (Å²) in [5.41, 5.74) is 0.821. The maximum Gasteiger partial charge on any atom is 0.282 e. The topological polar surface area (TPSA) is 86.9 Å². The molecule has 0 radical (unpaired) electrons. The van der Waals surface area contributed by atoms with Crippen LogP contribution in [0.25, 0.3) is 0 Å². The number of aliphatic hydroxyl groups excluding tert-OH is 1. The van der Waals surface area contributed by atoms with Gasteiger partial charge in [-0.2, -0.15) is 0 Å². The number of aryl methyl sites for hydroxylation is 1. The smallest absolute Gasteiger partial charge is 0.282 e. The lowest BCUT2D eigenvalue weighted by molar-refractivity contribution is -0.385. The van der Waals surface area contributed by atoms with E-state index >= 15 is 0 Å². The van der Waals surface area contributed by atoms with Crippen molar-refractivity contribution >= 4 is 11.6 Å². The first kappa shape index (κ1) is 15.4. The number of hydrogen-bond donors (Lipinski definition) is 1. The second kappa shape index (κ2) is 6.64. The minimum absolute atomic E-state index is 0.0945. The number of carbonyl (C=O) groups excluding carboxylic acids is 1. The van der Waals surface area contributed by atoms with Crippen LogP contribution in [0.5, 0.6) is 0 Å². The molecule has 0 saturated carbocycles. The number of aliphatic hydroxyl groups is 1. The quantitative estimate of drug-likeness (QED) is 0.650. The van der Waals surface area contributed by atoms with E-state index in [1.165, 1.54) is 6.07 Å². The Morgan fingerprint density at radius 1 is 1.33 bits per heavy atom. The summed E-state index contributed by atoms with van der Waals surface area (Å²) in [6.07, 6.45) is 0. The molecule has 0 aromatic heterocycles. The van der Waals surface area contributed by atoms with Crippen molar-refractivity contribution in [3.8, 4) is 0 Å². The third-order valence-corrected chi connectivity index (χ3v) is 3.65. The van der Waals surface area contributed by atoms with Crippen molar-refractivity contribution in [2.75, 3.05) is 39.3 Å². The van der Waals surface area contributed by atoms with E-state index in [2.05, 4.69) is 4.90 Å². The molecule has 1 heterocycles. The molecule has 0 spiro atoms. The lowest BCUT2D eigenvalue weighted by Crippen LogP contribution is -2.49. The molecule has 1 aliphatic rings. The van der Waals surface area contributed by atoms with Gasteiger partial charge in [-0.15, -0.1) is 0 Å². The molecule has 21 heavy (non-hydrogen) atoms. The van der Waals surface area contributed by atoms with Crippen LogP contribution in [0.3, 0.4) is 0 Å². The Bertz CT molecular complexity index is 539. The Hall–Kier alpha value is -1.99. The highest BCUT2D eigenvalue weighted by Crippen LogP contribution is 2.22. The zero-order valence-corrected chi connectivity index (χ0v) is 12.0. The molecule has 1 aromatic carbocycles. The highest BCUT2D eigenvalue weighted by Gasteiger charge is 2.27. The highest BCUT2D eigenvalue weighted by molar-refractivity contribution is 5.98. The molecule has 7 nitrogen and oxygen atoms in total. The first-order chi connectivity index (χ1) is 10.0. The van der Waals surface area contributed by atoms with Gasteiger partial charge in [0.25, 0.3) is 11.6 Å². The molecule has 1 fully saturated rings. The second-order valence-corrected chi connectivity index (χ2v) is 5.14. The predicted octanol–water partition coefficient (Wildman–Crippen LogP) is 0.653. The Kier molecular flexibility index (Phi) is 4.87. The van der Waals surface area contributed by atoms with Crippen molar-refractivity contribution < 1.29 is 14.8 Å². The largest absolute Gasteiger partial charge is 0.395 e. The van der Waals surface area contributed by atoms with Gasteiger partial charge in [-0.05, 0) is 18.6 Å². The lowest BCUT2D eigenvalue weighted by atomic mass is 10.1. The summed E-state index contributed by atoms with van der Waals surface area (Å²) in [6, 6.07) is 4.58. The van der Waals surface area contributed by atoms with Gasteiger partial charge in [0.15, 0.2) is 0 Å². The van der Waals surface area contributed by atoms with Crippen LogP contribution in [0.4, 0.5) is 5.69 Å². The number of hydrogen-bond acceptors (Lipinski definition) is 5. The van der Waals surface area contributed by atoms with Crippen molar-refractivity contribution in [1.82, 2.24) is 9.80 Å². The number of nitrogens with zero attached hydrogens (tertiary/aromatic N) is 3. The first-order valence-corrected chi connectivity index (χ1v) is 6.90. The van der Waals surface area contributed by atoms with E-state index in [4.69, 9.17) is 5.11 Å². The Morgan fingerprint density at radius 3 is 2.57 bits per heavy atom. The van der Waals surface area contributed by atoms with Gasteiger partial charge in [-0.25, -0.2) is 0 Å². The summed E-state index contributed by atoms with van der Waals surface area (Å²) in [7, 11) is 0. The molecule has 0 bridgehead atoms. The number of β-amino-alcohol motifs (C(OH)–C–C–N with tert-alkyl or cyclic N) is 1. The fraction of sp³-hybridized carbons (Fsp3) is 0.500. The average molecular weight is 293 g/mol. The summed E-state index contributed by atoms with van der Waals surface area (Å²) >= 11 is 0. The molecule has 1 aliphatic heterocycles. The SMILES string of the molecule is Cc1ccc([N+](=O)[O-])c(C(=O)N2CCN(CCO)CC2)c1. The molecule has 1 aromatic rings. The number of benzene rings is 1. The van der Waals surface area contributed by atoms with Crippen molar-refractivity contribution in [2.24, 2.45) is 0 Å². The van der Waals surface area contributed by atoms with Crippen LogP contribution in [0.15, 0.2) is 18.2 Å². The van der Waals surface area contributed by atoms with Crippen molar-refractivity contribution in [2.45, 2.75) is 6.92 Å². The fourth-order valence-electron chi connectivity index (χ4n) is 2.47. The maximum absolute atomic E-state index is 12.5. The summed E-state index contributed by atoms with van der Waals surface area (Å²) in [5, 5.41) is 20.0. The summed E-state index contributed by atoms with van der Waals surface area (Å²) in [5.74, 6) is -0.297. The van der Waals surface area contributed by atoms with Gasteiger partial charge in [-0.3, -0.25) is 19.8 Å². The summed E-state index contributed by atoms with van der Waals surface area (Å²) in [4.78, 5) is 26.7. The molecule has 1 saturated heterocycles. The van der Waals surface area contributed by atoms with Crippen LogP contribution in [-0.2, 0) is 0 Å². The van der Waals surface area contributed by atoms with E-state index in [-0.39, 0.29) is 23.8 Å². The lowest BCUT2D eigenvalue weighted by Gasteiger charge is -2.34. The van der Waals surface area contributed by atoms with Crippen LogP contribution >= 0.6 is 0 Å². The molecule has 0 atom stereocenters. The van der Waals surface area contributed by atoms with Gasteiger partial charge in [0.2, 0.25) is 0 Å². The zero-order valence-electron chi connectivity index (χ0n) is 12.0. The van der Waals surface area contributed by atoms with Gasteiger partial charge < -0.3 is 10.0 Å². The van der Waals surface area contributed by atoms with E-state index in [0.29, 0.717) is 32.7 Å². The van der Waals surface area contributed by atoms with Crippen LogP contribution in [-0.4, -0.2) is 65.1 Å². The van der Waals surface area contributed by atoms with Gasteiger partial charge >= 0.3 is 0 Å². The van der Waals surface area contributed by atoms with Gasteiger partial charge in [-0.1, -0.05) is 6.07 Å². The molecule has 0 aliphatic carbocycles. The third-order valence-electron chi connectivity index (χ3n) is 3.65. The van der Waals surface area contributed by atoms with Crippen molar-refractivity contribution in [3.63, 3.8) is 0 Å². The van der Waals surface area contributed by atoms with E-state index in [1.54, 1.807) is 24.0 Å². The number of piperazine rings is 1. The monoisotopic (exact) mass is 293 g/mol. The van der Waals surface area contributed by atoms with E-state index < -0.39 is 4.92 Å². The average Bonchev–Trinajstić information content (AvgIpc) is 2.47. The van der Waals surface area contributed by atoms with Gasteiger partial charge in [0.05, 0.1) is 11.5 Å². The summed E-state index contributed by atoms with van der Waals surface area (Å²) in [6.45, 7) is 4.87. The first-order valence-electron chi connectivity index (χ1n) is 6.90. The van der Waals surface area contributed by atoms with E-state index in [1.807, 2.05) is 0 Å². The minimum Gasteiger partial charge on any atom is -0.395 e. The molecular formula is C14H19N3O4. The number of nitro groups is 1. The molecule has 2 rings (SSSR count). The fourth-order valence-corrected chi connectivity index (χ4v) is 2.47. The van der Waals surface area contributed by atoms with Crippen LogP contribution in [0.2, 0.25) is 0 Å². The molecule has 7 heteroatoms. The molecule has 1 amide bonds. The Morgan fingerprint density at radius 2 is 2.00 bits per heavy atom. The van der Waals surface area contributed by atoms with E-state index in [0.717, 1.165) is 5.56 Å². The van der Waals surface area contributed by atoms with Crippen LogP contribution in [0.1, 0.15) is 15.9 Å². The second-order valence-electron chi connectivity index (χ2n) is 5.14. The van der Waals surface area contributed by atoms with Crippen molar-refractivity contribution in [3.05, 3.63) is 39.4 Å². The molecular weight excluding hydrogens is 274 g/mol. The number of carbonyl (C=O) groups is 1. The number of rotatable bonds is 4. The normalized spacial score (nSPS) is 16.0. The Balaban J connectivity index is 2.14. The standard InChI is InChI=1S/C14H19N3O4/c1-11-2-3-13(17(20)21)12(10-11)14(19)16-6-4-15(5-7-16)8-9-18/h2-3,10,18H,4-9H2,1H3. The van der Waals surface area contributed by atoms with Crippen LogP contribution in [0, 0.1) is 17.0 Å². The highest BCUT2D eigenvalue weighted by atomic mass is 16.6. The van der Waals surface area contributed by atoms with Crippen LogP contribution < -0.4 is 0 Å². The maximum atomic E-state index is 12.5. The van der Waals surface area contributed by atoms with Gasteiger partial charge in [0.1, 0.15) is 5.56 Å². The Labute approximate surface area is 122 Å². The molecule has 1 N–H and O–H groups in total. The number of nitro benzene ring substituents is 1. The van der Waals surface area contributed by atoms with Crippen molar-refractivity contribution in [1.29, 1.82) is 0 Å². The zero-order chi connectivity index (χ0) is 15.4. The summed E-state index contributed by atoms with van der Waals surface area (Å²) < 4.78 is 0. The predicted molar refractivity (Wildman–Crippen MR) is 77.3 cm³/mol. The third kappa shape index (κ3) is 3.56. The molecule has 114 valence electrons. The minimum atomic E-state index is -0.519. The van der Waals surface area contributed by atoms with E-state index in [9.17, 15) is 14.9 Å².